The Morgan fingerprint density at radius 2 is 1.70 bits per heavy atom. The molecule has 0 radical (unpaired) electrons. The Morgan fingerprint density at radius 1 is 1.11 bits per heavy atom. The molecule has 0 fully saturated rings. The zero-order chi connectivity index (χ0) is 20.6. The molecule has 0 saturated carbocycles. The molecule has 1 rings (SSSR count). The molecule has 1 aromatic rings. The third-order valence-electron chi connectivity index (χ3n) is 3.40. The predicted octanol–water partition coefficient (Wildman–Crippen LogP) is 0.490. The summed E-state index contributed by atoms with van der Waals surface area (Å²) in [5.41, 5.74) is 7.21. The van der Waals surface area contributed by atoms with E-state index in [0.717, 1.165) is 11.8 Å². The van der Waals surface area contributed by atoms with Gasteiger partial charge in [-0.1, -0.05) is 6.07 Å². The Morgan fingerprint density at radius 3 is 2.22 bits per heavy atom. The molecule has 2 atom stereocenters. The Kier molecular flexibility index (Phi) is 8.83. The average Bonchev–Trinajstić information content (AvgIpc) is 2.57. The smallest absolute Gasteiger partial charge is 0.264 e. The zero-order valence-electron chi connectivity index (χ0n) is 15.9. The van der Waals surface area contributed by atoms with Crippen molar-refractivity contribution in [1.82, 2.24) is 5.32 Å². The summed E-state index contributed by atoms with van der Waals surface area (Å²) in [6.07, 6.45) is 0.961. The minimum atomic E-state index is -3.60. The van der Waals surface area contributed by atoms with E-state index in [9.17, 15) is 18.0 Å². The summed E-state index contributed by atoms with van der Waals surface area (Å²) in [4.78, 5) is 23.9. The first-order valence-corrected chi connectivity index (χ1v) is 10.2. The Hall–Kier alpha value is -2.01. The lowest BCUT2D eigenvalue weighted by atomic mass is 10.1. The lowest BCUT2D eigenvalue weighted by Crippen LogP contribution is -2.47. The Labute approximate surface area is 159 Å². The summed E-state index contributed by atoms with van der Waals surface area (Å²) < 4.78 is 32.6. The van der Waals surface area contributed by atoms with Crippen LogP contribution in [-0.2, 0) is 41.8 Å². The second-order valence-electron chi connectivity index (χ2n) is 6.15. The van der Waals surface area contributed by atoms with Gasteiger partial charge in [0.25, 0.3) is 10.1 Å². The van der Waals surface area contributed by atoms with Crippen LogP contribution in [-0.4, -0.2) is 45.2 Å². The molecule has 152 valence electrons. The van der Waals surface area contributed by atoms with Crippen LogP contribution >= 0.6 is 0 Å². The minimum Gasteiger partial charge on any atom is -0.377 e. The zero-order valence-corrected chi connectivity index (χ0v) is 16.8. The number of nitrogens with one attached hydrogen (secondary N) is 2. The van der Waals surface area contributed by atoms with Gasteiger partial charge in [0, 0.05) is 12.3 Å². The van der Waals surface area contributed by atoms with Crippen molar-refractivity contribution in [1.29, 1.82) is 0 Å². The molecule has 9 nitrogen and oxygen atoms in total. The van der Waals surface area contributed by atoms with Gasteiger partial charge in [-0.3, -0.25) is 13.8 Å². The molecule has 4 N–H and O–H groups in total. The summed E-state index contributed by atoms with van der Waals surface area (Å²) in [7, 11) is -3.60. The molecule has 0 heterocycles. The largest absolute Gasteiger partial charge is 0.377 e. The third-order valence-corrected chi connectivity index (χ3v) is 3.94. The van der Waals surface area contributed by atoms with Crippen LogP contribution in [0.5, 0.6) is 0 Å². The van der Waals surface area contributed by atoms with Crippen molar-refractivity contribution in [3.05, 3.63) is 29.3 Å². The fourth-order valence-electron chi connectivity index (χ4n) is 2.06. The quantitative estimate of drug-likeness (QED) is 0.485. The van der Waals surface area contributed by atoms with Gasteiger partial charge in [0.05, 0.1) is 25.5 Å². The van der Waals surface area contributed by atoms with Gasteiger partial charge in [-0.15, -0.1) is 0 Å². The van der Waals surface area contributed by atoms with Crippen molar-refractivity contribution >= 4 is 27.6 Å². The van der Waals surface area contributed by atoms with Gasteiger partial charge in [0.1, 0.15) is 6.04 Å². The number of benzene rings is 1. The lowest BCUT2D eigenvalue weighted by molar-refractivity contribution is -0.126. The van der Waals surface area contributed by atoms with Gasteiger partial charge in [0.15, 0.2) is 0 Å². The summed E-state index contributed by atoms with van der Waals surface area (Å²) in [5, 5.41) is 5.19. The van der Waals surface area contributed by atoms with Gasteiger partial charge in [-0.25, -0.2) is 0 Å². The molecule has 2 amide bonds. The summed E-state index contributed by atoms with van der Waals surface area (Å²) in [6.45, 7) is 5.54. The van der Waals surface area contributed by atoms with E-state index in [1.807, 2.05) is 6.92 Å². The van der Waals surface area contributed by atoms with Crippen molar-refractivity contribution in [2.45, 2.75) is 46.1 Å². The van der Waals surface area contributed by atoms with E-state index in [2.05, 4.69) is 10.6 Å². The second kappa shape index (κ2) is 10.4. The maximum absolute atomic E-state index is 12.3. The summed E-state index contributed by atoms with van der Waals surface area (Å²) in [6, 6.07) is 3.51. The Balaban J connectivity index is 2.93. The van der Waals surface area contributed by atoms with Crippen molar-refractivity contribution in [3.63, 3.8) is 0 Å². The fraction of sp³-hybridized carbons (Fsp3) is 0.529. The highest BCUT2D eigenvalue weighted by Crippen LogP contribution is 2.18. The number of amides is 2. The Bertz CT molecular complexity index is 764. The molecule has 0 aromatic heterocycles. The molecular formula is C17H27N3O6S. The number of hydrogen-bond acceptors (Lipinski definition) is 7. The molecule has 0 spiro atoms. The molecule has 0 saturated heterocycles. The van der Waals surface area contributed by atoms with Crippen molar-refractivity contribution in [2.24, 2.45) is 5.73 Å². The number of hydrogen-bond donors (Lipinski definition) is 3. The first-order chi connectivity index (χ1) is 12.5. The van der Waals surface area contributed by atoms with Gasteiger partial charge < -0.3 is 21.1 Å². The van der Waals surface area contributed by atoms with E-state index >= 15 is 0 Å². The van der Waals surface area contributed by atoms with Crippen LogP contribution in [0.15, 0.2) is 18.2 Å². The number of nitrogens with two attached hydrogens (primary N) is 1. The molecule has 0 unspecified atom stereocenters. The van der Waals surface area contributed by atoms with Crippen LogP contribution < -0.4 is 16.4 Å². The monoisotopic (exact) mass is 401 g/mol. The number of carbonyl (C=O) groups is 2. The van der Waals surface area contributed by atoms with Crippen molar-refractivity contribution < 1.29 is 26.9 Å². The second-order valence-corrected chi connectivity index (χ2v) is 7.79. The standard InChI is InChI=1S/C17H27N3O6S/c1-5-25-9-13-6-14(10-26-27(4,23)24)8-15(7-13)20-17(22)12(3)19-16(21)11(2)18/h6-8,11-12H,5,9-10,18H2,1-4H3,(H,19,21)(H,20,22)/t11-,12-/m0/s1. The van der Waals surface area contributed by atoms with E-state index < -0.39 is 34.0 Å². The number of anilines is 1. The highest BCUT2D eigenvalue weighted by atomic mass is 32.2. The van der Waals surface area contributed by atoms with Crippen LogP contribution in [0.2, 0.25) is 0 Å². The summed E-state index contributed by atoms with van der Waals surface area (Å²) >= 11 is 0. The fourth-order valence-corrected chi connectivity index (χ4v) is 2.41. The molecule has 0 aliphatic heterocycles. The number of ether oxygens (including phenoxy) is 1. The van der Waals surface area contributed by atoms with E-state index in [-0.39, 0.29) is 6.61 Å². The SMILES string of the molecule is CCOCc1cc(COS(C)(=O)=O)cc(NC(=O)[C@H](C)NC(=O)[C@H](C)N)c1. The van der Waals surface area contributed by atoms with E-state index in [1.54, 1.807) is 18.2 Å². The number of carbonyl (C=O) groups excluding carboxylic acids is 2. The first-order valence-electron chi connectivity index (χ1n) is 8.43. The first kappa shape index (κ1) is 23.0. The highest BCUT2D eigenvalue weighted by Gasteiger charge is 2.18. The van der Waals surface area contributed by atoms with Crippen LogP contribution in [0.4, 0.5) is 5.69 Å². The molecule has 0 aliphatic carbocycles. The molecule has 10 heteroatoms. The summed E-state index contributed by atoms with van der Waals surface area (Å²) in [5.74, 6) is -0.877. The molecular weight excluding hydrogens is 374 g/mol. The molecule has 0 aliphatic rings. The van der Waals surface area contributed by atoms with Crippen LogP contribution in [0, 0.1) is 0 Å². The maximum atomic E-state index is 12.3. The van der Waals surface area contributed by atoms with Crippen molar-refractivity contribution in [2.75, 3.05) is 18.2 Å². The van der Waals surface area contributed by atoms with Gasteiger partial charge in [-0.2, -0.15) is 8.42 Å². The minimum absolute atomic E-state index is 0.168. The van der Waals surface area contributed by atoms with Gasteiger partial charge in [-0.05, 0) is 44.0 Å². The average molecular weight is 401 g/mol. The topological polar surface area (TPSA) is 137 Å². The normalized spacial score (nSPS) is 13.7. The molecule has 27 heavy (non-hydrogen) atoms. The number of rotatable bonds is 10. The third kappa shape index (κ3) is 8.96. The predicted molar refractivity (Wildman–Crippen MR) is 101 cm³/mol. The lowest BCUT2D eigenvalue weighted by Gasteiger charge is -2.16. The van der Waals surface area contributed by atoms with Crippen molar-refractivity contribution in [3.8, 4) is 0 Å². The van der Waals surface area contributed by atoms with Crippen LogP contribution in [0.1, 0.15) is 31.9 Å². The maximum Gasteiger partial charge on any atom is 0.264 e. The highest BCUT2D eigenvalue weighted by molar-refractivity contribution is 7.85. The van der Waals surface area contributed by atoms with Crippen LogP contribution in [0.25, 0.3) is 0 Å². The molecule has 1 aromatic carbocycles. The van der Waals surface area contributed by atoms with Crippen LogP contribution in [0.3, 0.4) is 0 Å². The van der Waals surface area contributed by atoms with E-state index in [4.69, 9.17) is 14.7 Å². The van der Waals surface area contributed by atoms with Gasteiger partial charge in [0.2, 0.25) is 11.8 Å². The van der Waals surface area contributed by atoms with Gasteiger partial charge >= 0.3 is 0 Å². The van der Waals surface area contributed by atoms with E-state index in [1.165, 1.54) is 13.8 Å². The molecule has 0 bridgehead atoms. The van der Waals surface area contributed by atoms with E-state index in [0.29, 0.717) is 24.5 Å².